The number of carbonyl (C=O) groups is 1. The molecule has 0 unspecified atom stereocenters. The van der Waals surface area contributed by atoms with E-state index in [0.717, 1.165) is 9.35 Å². The largest absolute Gasteiger partial charge is 0.340 e. The lowest BCUT2D eigenvalue weighted by Gasteiger charge is -2.27. The standard InChI is InChI=1S/C11H17BrN2OS/c1-11(2,7-13)10(15)14(3)5-9-4-8(12)6-16-9/h4,6H,5,7,13H2,1-3H3. The van der Waals surface area contributed by atoms with Crippen molar-refractivity contribution < 1.29 is 4.79 Å². The molecule has 1 rings (SSSR count). The molecule has 0 atom stereocenters. The van der Waals surface area contributed by atoms with Crippen molar-refractivity contribution in [1.82, 2.24) is 4.90 Å². The summed E-state index contributed by atoms with van der Waals surface area (Å²) in [6.07, 6.45) is 0. The van der Waals surface area contributed by atoms with E-state index in [4.69, 9.17) is 5.73 Å². The van der Waals surface area contributed by atoms with Gasteiger partial charge in [-0.05, 0) is 35.8 Å². The zero-order chi connectivity index (χ0) is 12.3. The summed E-state index contributed by atoms with van der Waals surface area (Å²) < 4.78 is 1.06. The van der Waals surface area contributed by atoms with Crippen molar-refractivity contribution in [3.05, 3.63) is 20.8 Å². The monoisotopic (exact) mass is 304 g/mol. The molecule has 1 heterocycles. The lowest BCUT2D eigenvalue weighted by Crippen LogP contribution is -2.42. The van der Waals surface area contributed by atoms with Gasteiger partial charge in [0, 0.05) is 28.3 Å². The number of nitrogens with zero attached hydrogens (tertiary/aromatic N) is 1. The second-order valence-electron chi connectivity index (χ2n) is 4.48. The maximum Gasteiger partial charge on any atom is 0.229 e. The van der Waals surface area contributed by atoms with Crippen molar-refractivity contribution >= 4 is 33.2 Å². The van der Waals surface area contributed by atoms with Crippen LogP contribution in [0.4, 0.5) is 0 Å². The minimum absolute atomic E-state index is 0.0829. The number of hydrogen-bond donors (Lipinski definition) is 1. The summed E-state index contributed by atoms with van der Waals surface area (Å²) >= 11 is 5.04. The molecule has 3 nitrogen and oxygen atoms in total. The summed E-state index contributed by atoms with van der Waals surface area (Å²) in [5, 5.41) is 2.02. The third kappa shape index (κ3) is 3.30. The van der Waals surface area contributed by atoms with E-state index < -0.39 is 5.41 Å². The number of rotatable bonds is 4. The normalized spacial score (nSPS) is 11.6. The van der Waals surface area contributed by atoms with Gasteiger partial charge in [0.25, 0.3) is 0 Å². The van der Waals surface area contributed by atoms with E-state index in [1.165, 1.54) is 0 Å². The molecule has 0 aliphatic rings. The van der Waals surface area contributed by atoms with Gasteiger partial charge in [-0.25, -0.2) is 0 Å². The molecule has 0 spiro atoms. The Morgan fingerprint density at radius 3 is 2.69 bits per heavy atom. The highest BCUT2D eigenvalue weighted by Crippen LogP contribution is 2.23. The first kappa shape index (κ1) is 13.7. The maximum absolute atomic E-state index is 12.0. The molecular weight excluding hydrogens is 288 g/mol. The molecule has 0 aromatic carbocycles. The molecule has 0 aliphatic carbocycles. The maximum atomic E-state index is 12.0. The van der Waals surface area contributed by atoms with Crippen LogP contribution in [0.1, 0.15) is 18.7 Å². The van der Waals surface area contributed by atoms with Gasteiger partial charge in [0.2, 0.25) is 5.91 Å². The van der Waals surface area contributed by atoms with Gasteiger partial charge in [-0.1, -0.05) is 0 Å². The van der Waals surface area contributed by atoms with E-state index in [-0.39, 0.29) is 5.91 Å². The summed E-state index contributed by atoms with van der Waals surface area (Å²) in [6.45, 7) is 4.75. The van der Waals surface area contributed by atoms with E-state index >= 15 is 0 Å². The molecular formula is C11H17BrN2OS. The van der Waals surface area contributed by atoms with Crippen LogP contribution in [0.15, 0.2) is 15.9 Å². The Kier molecular flexibility index (Phi) is 4.52. The Bertz CT molecular complexity index is 376. The fourth-order valence-electron chi connectivity index (χ4n) is 1.35. The van der Waals surface area contributed by atoms with Crippen LogP contribution in [0, 0.1) is 5.41 Å². The Balaban J connectivity index is 2.65. The van der Waals surface area contributed by atoms with Crippen LogP contribution in [0.5, 0.6) is 0 Å². The van der Waals surface area contributed by atoms with Gasteiger partial charge in [0.05, 0.1) is 12.0 Å². The van der Waals surface area contributed by atoms with Gasteiger partial charge in [-0.3, -0.25) is 4.79 Å². The second-order valence-corrected chi connectivity index (χ2v) is 6.39. The van der Waals surface area contributed by atoms with Crippen molar-refractivity contribution in [3.63, 3.8) is 0 Å². The van der Waals surface area contributed by atoms with E-state index in [1.54, 1.807) is 16.2 Å². The van der Waals surface area contributed by atoms with Gasteiger partial charge in [-0.2, -0.15) is 0 Å². The number of thiophene rings is 1. The third-order valence-electron chi connectivity index (χ3n) is 2.45. The second kappa shape index (κ2) is 5.29. The third-order valence-corrected chi connectivity index (χ3v) is 4.13. The van der Waals surface area contributed by atoms with Crippen LogP contribution < -0.4 is 5.73 Å². The molecule has 0 aliphatic heterocycles. The first-order chi connectivity index (χ1) is 7.36. The fourth-order valence-corrected chi connectivity index (χ4v) is 2.85. The SMILES string of the molecule is CN(Cc1cc(Br)cs1)C(=O)C(C)(C)CN. The van der Waals surface area contributed by atoms with Crippen LogP contribution in [0.2, 0.25) is 0 Å². The molecule has 0 radical (unpaired) electrons. The van der Waals surface area contributed by atoms with E-state index in [1.807, 2.05) is 32.3 Å². The molecule has 16 heavy (non-hydrogen) atoms. The Hall–Kier alpha value is -0.390. The Labute approximate surface area is 109 Å². The average molecular weight is 305 g/mol. The molecule has 2 N–H and O–H groups in total. The summed E-state index contributed by atoms with van der Waals surface area (Å²) in [5.41, 5.74) is 5.11. The molecule has 0 bridgehead atoms. The topological polar surface area (TPSA) is 46.3 Å². The zero-order valence-corrected chi connectivity index (χ0v) is 12.2. The van der Waals surface area contributed by atoms with Gasteiger partial charge >= 0.3 is 0 Å². The number of halogens is 1. The van der Waals surface area contributed by atoms with Crippen LogP contribution in [0.25, 0.3) is 0 Å². The quantitative estimate of drug-likeness (QED) is 0.929. The summed E-state index contributed by atoms with van der Waals surface area (Å²) in [6, 6.07) is 2.03. The van der Waals surface area contributed by atoms with Gasteiger partial charge < -0.3 is 10.6 Å². The predicted octanol–water partition coefficient (Wildman–Crippen LogP) is 2.45. The predicted molar refractivity (Wildman–Crippen MR) is 71.3 cm³/mol. The van der Waals surface area contributed by atoms with Crippen LogP contribution in [-0.2, 0) is 11.3 Å². The van der Waals surface area contributed by atoms with Gasteiger partial charge in [0.15, 0.2) is 0 Å². The summed E-state index contributed by atoms with van der Waals surface area (Å²) in [4.78, 5) is 14.9. The lowest BCUT2D eigenvalue weighted by molar-refractivity contribution is -0.138. The Morgan fingerprint density at radius 2 is 2.25 bits per heavy atom. The van der Waals surface area contributed by atoms with Gasteiger partial charge in [-0.15, -0.1) is 11.3 Å². The molecule has 0 saturated heterocycles. The highest BCUT2D eigenvalue weighted by atomic mass is 79.9. The first-order valence-electron chi connectivity index (χ1n) is 5.05. The number of amides is 1. The molecule has 0 fully saturated rings. The minimum atomic E-state index is -0.483. The van der Waals surface area contributed by atoms with Crippen molar-refractivity contribution in [2.45, 2.75) is 20.4 Å². The smallest absolute Gasteiger partial charge is 0.229 e. The van der Waals surface area contributed by atoms with Crippen LogP contribution in [0.3, 0.4) is 0 Å². The zero-order valence-electron chi connectivity index (χ0n) is 9.79. The number of hydrogen-bond acceptors (Lipinski definition) is 3. The molecule has 5 heteroatoms. The van der Waals surface area contributed by atoms with Crippen LogP contribution in [-0.4, -0.2) is 24.4 Å². The highest BCUT2D eigenvalue weighted by molar-refractivity contribution is 9.10. The minimum Gasteiger partial charge on any atom is -0.340 e. The molecule has 0 saturated carbocycles. The number of carbonyl (C=O) groups excluding carboxylic acids is 1. The Morgan fingerprint density at radius 1 is 1.62 bits per heavy atom. The molecule has 1 aromatic heterocycles. The fraction of sp³-hybridized carbons (Fsp3) is 0.545. The van der Waals surface area contributed by atoms with E-state index in [0.29, 0.717) is 13.1 Å². The summed E-state index contributed by atoms with van der Waals surface area (Å²) in [5.74, 6) is 0.0829. The first-order valence-corrected chi connectivity index (χ1v) is 6.72. The van der Waals surface area contributed by atoms with Crippen molar-refractivity contribution in [2.24, 2.45) is 11.1 Å². The lowest BCUT2D eigenvalue weighted by atomic mass is 9.92. The van der Waals surface area contributed by atoms with Crippen molar-refractivity contribution in [3.8, 4) is 0 Å². The summed E-state index contributed by atoms with van der Waals surface area (Å²) in [7, 11) is 1.81. The highest BCUT2D eigenvalue weighted by Gasteiger charge is 2.28. The molecule has 90 valence electrons. The van der Waals surface area contributed by atoms with Crippen molar-refractivity contribution in [2.75, 3.05) is 13.6 Å². The van der Waals surface area contributed by atoms with Crippen LogP contribution >= 0.6 is 27.3 Å². The van der Waals surface area contributed by atoms with Crippen molar-refractivity contribution in [1.29, 1.82) is 0 Å². The van der Waals surface area contributed by atoms with E-state index in [9.17, 15) is 4.79 Å². The number of nitrogens with two attached hydrogens (primary N) is 1. The average Bonchev–Trinajstić information content (AvgIpc) is 2.62. The molecule has 1 aromatic rings. The van der Waals surface area contributed by atoms with Gasteiger partial charge in [0.1, 0.15) is 0 Å². The van der Waals surface area contributed by atoms with E-state index in [2.05, 4.69) is 15.9 Å². The molecule has 1 amide bonds.